The zero-order valence-corrected chi connectivity index (χ0v) is 18.6. The van der Waals surface area contributed by atoms with Gasteiger partial charge in [-0.2, -0.15) is 0 Å². The molecule has 2 aromatic rings. The van der Waals surface area contributed by atoms with Gasteiger partial charge >= 0.3 is 12.1 Å². The monoisotopic (exact) mass is 498 g/mol. The number of fused-ring (bicyclic) bond motifs is 1. The molecule has 1 aliphatic rings. The maximum absolute atomic E-state index is 13.1. The number of hydrogen-bond donors (Lipinski definition) is 4. The van der Waals surface area contributed by atoms with Gasteiger partial charge in [0.05, 0.1) is 22.4 Å². The lowest BCUT2D eigenvalue weighted by molar-refractivity contribution is 0.0693. The number of rotatable bonds is 8. The van der Waals surface area contributed by atoms with Crippen molar-refractivity contribution in [2.45, 2.75) is 10.9 Å². The van der Waals surface area contributed by atoms with E-state index in [0.29, 0.717) is 0 Å². The topological polar surface area (TPSA) is 171 Å². The quantitative estimate of drug-likeness (QED) is 0.312. The number of aromatic hydroxyl groups is 1. The number of nitrogens with zero attached hydrogens (tertiary/aromatic N) is 1. The number of carbonyl (C=O) groups is 2. The largest absolute Gasteiger partial charge is 0.506 e. The minimum Gasteiger partial charge on any atom is -0.506 e. The molecule has 0 saturated heterocycles. The molecule has 0 spiro atoms. The summed E-state index contributed by atoms with van der Waals surface area (Å²) in [4.78, 5) is 24.5. The number of aromatic carboxylic acids is 1. The molecule has 11 nitrogen and oxygen atoms in total. The summed E-state index contributed by atoms with van der Waals surface area (Å²) in [6.45, 7) is 2.69. The molecule has 2 aromatic carbocycles. The van der Waals surface area contributed by atoms with E-state index < -0.39 is 50.5 Å². The molecule has 0 aromatic heterocycles. The third kappa shape index (κ3) is 5.06. The van der Waals surface area contributed by atoms with Crippen molar-refractivity contribution in [1.29, 1.82) is 0 Å². The Hall–Kier alpha value is -3.26. The smallest absolute Gasteiger partial charge is 0.410 e. The first-order chi connectivity index (χ1) is 15.6. The predicted molar refractivity (Wildman–Crippen MR) is 119 cm³/mol. The second kappa shape index (κ2) is 9.70. The van der Waals surface area contributed by atoms with E-state index in [1.54, 1.807) is 0 Å². The molecule has 1 heterocycles. The maximum Gasteiger partial charge on any atom is 0.410 e. The summed E-state index contributed by atoms with van der Waals surface area (Å²) in [6.07, 6.45) is 1.78. The highest BCUT2D eigenvalue weighted by molar-refractivity contribution is 7.89. The van der Waals surface area contributed by atoms with E-state index in [2.05, 4.69) is 11.3 Å². The van der Waals surface area contributed by atoms with Crippen molar-refractivity contribution in [2.75, 3.05) is 19.7 Å². The van der Waals surface area contributed by atoms with Gasteiger partial charge in [0.15, 0.2) is 11.1 Å². The lowest BCUT2D eigenvalue weighted by Crippen LogP contribution is -2.43. The Morgan fingerprint density at radius 3 is 2.64 bits per heavy atom. The van der Waals surface area contributed by atoms with Crippen molar-refractivity contribution in [2.24, 2.45) is 0 Å². The second-order valence-corrected chi connectivity index (χ2v) is 9.67. The lowest BCUT2D eigenvalue weighted by Gasteiger charge is -2.24. The first kappa shape index (κ1) is 24.4. The number of carboxylic acids is 1. The highest BCUT2D eigenvalue weighted by Crippen LogP contribution is 2.34. The molecule has 176 valence electrons. The van der Waals surface area contributed by atoms with Gasteiger partial charge in [-0.25, -0.2) is 26.9 Å². The van der Waals surface area contributed by atoms with Crippen LogP contribution in [0.2, 0.25) is 0 Å². The van der Waals surface area contributed by atoms with E-state index in [-0.39, 0.29) is 40.3 Å². The number of nitrogens with one attached hydrogen (secondary N) is 1. The minimum atomic E-state index is -4.34. The molecule has 1 amide bonds. The van der Waals surface area contributed by atoms with Crippen molar-refractivity contribution in [3.8, 4) is 5.75 Å². The maximum atomic E-state index is 13.1. The summed E-state index contributed by atoms with van der Waals surface area (Å²) in [5.41, 5.74) is -0.595. The molecule has 33 heavy (non-hydrogen) atoms. The van der Waals surface area contributed by atoms with E-state index in [1.807, 2.05) is 0 Å². The first-order valence-electron chi connectivity index (χ1n) is 9.40. The van der Waals surface area contributed by atoms with Crippen molar-refractivity contribution < 1.29 is 41.7 Å². The van der Waals surface area contributed by atoms with E-state index >= 15 is 0 Å². The molecule has 0 saturated carbocycles. The molecule has 0 bridgehead atoms. The van der Waals surface area contributed by atoms with Crippen LogP contribution >= 0.6 is 0 Å². The molecule has 0 radical (unpaired) electrons. The van der Waals surface area contributed by atoms with Gasteiger partial charge in [0.25, 0.3) is 0 Å². The van der Waals surface area contributed by atoms with Crippen LogP contribution in [0.5, 0.6) is 5.75 Å². The van der Waals surface area contributed by atoms with Crippen LogP contribution in [0.4, 0.5) is 4.79 Å². The Morgan fingerprint density at radius 1 is 1.36 bits per heavy atom. The van der Waals surface area contributed by atoms with Crippen LogP contribution in [0.3, 0.4) is 0 Å². The normalized spacial score (nSPS) is 16.9. The number of carbonyl (C=O) groups excluding carboxylic acids is 1. The van der Waals surface area contributed by atoms with Gasteiger partial charge in [-0.05, 0) is 12.1 Å². The molecule has 4 N–H and O–H groups in total. The van der Waals surface area contributed by atoms with E-state index in [0.717, 1.165) is 11.0 Å². The SMILES string of the molecule is C=CCOC(=O)N1CC(S(=O)O)=C[C@H]1CNS(=O)(=O)c1cc([14C](=O)O)c(O)c2ccccc12. The molecular formula is C20H20N2O9S2. The molecule has 0 fully saturated rings. The number of carboxylic acid groups (broad SMARTS) is 1. The van der Waals surface area contributed by atoms with Crippen molar-refractivity contribution in [1.82, 2.24) is 9.62 Å². The fraction of sp³-hybridized carbons (Fsp3) is 0.200. The fourth-order valence-electron chi connectivity index (χ4n) is 3.32. The van der Waals surface area contributed by atoms with Crippen LogP contribution in [0.15, 0.2) is 58.9 Å². The van der Waals surface area contributed by atoms with Crippen LogP contribution in [0, 0.1) is 0 Å². The van der Waals surface area contributed by atoms with E-state index in [4.69, 9.17) is 4.74 Å². The number of amides is 1. The van der Waals surface area contributed by atoms with Crippen LogP contribution in [0.25, 0.3) is 10.8 Å². The standard InChI is InChI=1S/C20H20N2O9S2/c1-2-7-31-20(26)22-11-13(32(27)28)8-12(22)10-21-33(29,30)17-9-16(19(24)25)18(23)15-6-4-3-5-14(15)17/h2-6,8-9,12,21,23H,1,7,10-11H2,(H,24,25)(H,27,28)/t12-/m0/s1/i19+2. The molecule has 2 atom stereocenters. The van der Waals surface area contributed by atoms with Gasteiger partial charge in [0.1, 0.15) is 17.9 Å². The van der Waals surface area contributed by atoms with Crippen LogP contribution in [-0.2, 0) is 25.8 Å². The summed E-state index contributed by atoms with van der Waals surface area (Å²) < 4.78 is 54.3. The van der Waals surface area contributed by atoms with Gasteiger partial charge in [-0.3, -0.25) is 4.90 Å². The highest BCUT2D eigenvalue weighted by Gasteiger charge is 2.33. The van der Waals surface area contributed by atoms with Crippen molar-refractivity contribution >= 4 is 43.9 Å². The third-order valence-corrected chi connectivity index (χ3v) is 7.05. The van der Waals surface area contributed by atoms with Gasteiger partial charge in [0.2, 0.25) is 10.0 Å². The van der Waals surface area contributed by atoms with Crippen molar-refractivity contribution in [3.63, 3.8) is 0 Å². The first-order valence-corrected chi connectivity index (χ1v) is 12.0. The zero-order valence-electron chi connectivity index (χ0n) is 17.0. The average molecular weight is 499 g/mol. The molecule has 13 heteroatoms. The number of ether oxygens (including phenoxy) is 1. The number of hydrogen-bond acceptors (Lipinski definition) is 7. The Bertz CT molecular complexity index is 1290. The average Bonchev–Trinajstić information content (AvgIpc) is 3.21. The minimum absolute atomic E-state index is 0.00185. The summed E-state index contributed by atoms with van der Waals surface area (Å²) in [5, 5.41) is 19.7. The zero-order chi connectivity index (χ0) is 24.3. The summed E-state index contributed by atoms with van der Waals surface area (Å²) in [6, 6.07) is 5.75. The molecule has 3 rings (SSSR count). The van der Waals surface area contributed by atoms with Gasteiger partial charge in [-0.1, -0.05) is 36.9 Å². The fourth-order valence-corrected chi connectivity index (χ4v) is 5.13. The highest BCUT2D eigenvalue weighted by atomic mass is 32.2. The number of benzene rings is 2. The molecule has 0 aliphatic carbocycles. The molecular weight excluding hydrogens is 478 g/mol. The number of sulfonamides is 1. The summed E-state index contributed by atoms with van der Waals surface area (Å²) >= 11 is -2.37. The Kier molecular flexibility index (Phi) is 7.17. The summed E-state index contributed by atoms with van der Waals surface area (Å²) in [5.74, 6) is -2.08. The molecule has 1 aliphatic heterocycles. The van der Waals surface area contributed by atoms with Gasteiger partial charge in [-0.15, -0.1) is 0 Å². The van der Waals surface area contributed by atoms with Gasteiger partial charge in [0, 0.05) is 17.3 Å². The lowest BCUT2D eigenvalue weighted by atomic mass is 10.1. The Balaban J connectivity index is 1.94. The van der Waals surface area contributed by atoms with E-state index in [9.17, 15) is 37.0 Å². The predicted octanol–water partition coefficient (Wildman–Crippen LogP) is 1.63. The molecule has 1 unspecified atom stereocenters. The van der Waals surface area contributed by atoms with E-state index in [1.165, 1.54) is 36.4 Å². The van der Waals surface area contributed by atoms with Crippen LogP contribution in [-0.4, -0.2) is 70.1 Å². The van der Waals surface area contributed by atoms with Crippen LogP contribution in [0.1, 0.15) is 10.4 Å². The Labute approximate surface area is 191 Å². The second-order valence-electron chi connectivity index (χ2n) is 6.92. The number of phenols is 1. The summed E-state index contributed by atoms with van der Waals surface area (Å²) in [7, 11) is -4.34. The van der Waals surface area contributed by atoms with Crippen LogP contribution < -0.4 is 4.72 Å². The van der Waals surface area contributed by atoms with Crippen molar-refractivity contribution in [3.05, 3.63) is 59.5 Å². The third-order valence-electron chi connectivity index (χ3n) is 4.87. The van der Waals surface area contributed by atoms with Gasteiger partial charge < -0.3 is 19.5 Å². The Morgan fingerprint density at radius 2 is 2.03 bits per heavy atom.